The van der Waals surface area contributed by atoms with Crippen molar-refractivity contribution in [1.29, 1.82) is 0 Å². The molecule has 174 valence electrons. The van der Waals surface area contributed by atoms with E-state index in [4.69, 9.17) is 11.5 Å². The van der Waals surface area contributed by atoms with E-state index in [2.05, 4.69) is 23.3 Å². The Morgan fingerprint density at radius 3 is 2.30 bits per heavy atom. The van der Waals surface area contributed by atoms with Gasteiger partial charge in [0.1, 0.15) is 12.1 Å². The van der Waals surface area contributed by atoms with Gasteiger partial charge in [-0.15, -0.1) is 11.8 Å². The van der Waals surface area contributed by atoms with Crippen LogP contribution in [0.1, 0.15) is 48.0 Å². The third-order valence-corrected chi connectivity index (χ3v) is 7.06. The van der Waals surface area contributed by atoms with Crippen molar-refractivity contribution in [2.75, 3.05) is 18.2 Å². The molecule has 1 saturated heterocycles. The molecule has 1 fully saturated rings. The second-order valence-corrected chi connectivity index (χ2v) is 11.2. The summed E-state index contributed by atoms with van der Waals surface area (Å²) in [6.45, 7) is 12.2. The first-order valence-corrected chi connectivity index (χ1v) is 12.1. The minimum Gasteiger partial charge on any atom is -0.368 e. The van der Waals surface area contributed by atoms with Crippen LogP contribution in [0.25, 0.3) is 0 Å². The van der Waals surface area contributed by atoms with Gasteiger partial charge in [0.05, 0.1) is 11.9 Å². The van der Waals surface area contributed by atoms with Crippen molar-refractivity contribution in [3.63, 3.8) is 0 Å². The summed E-state index contributed by atoms with van der Waals surface area (Å²) in [5.41, 5.74) is 11.4. The molecule has 0 unspecified atom stereocenters. The Bertz CT molecular complexity index is 615. The number of nitrogens with two attached hydrogens (primary N) is 2. The van der Waals surface area contributed by atoms with Crippen molar-refractivity contribution in [3.8, 4) is 0 Å². The summed E-state index contributed by atoms with van der Waals surface area (Å²) in [5.74, 6) is 0.0537. The predicted molar refractivity (Wildman–Crippen MR) is 126 cm³/mol. The van der Waals surface area contributed by atoms with E-state index in [0.29, 0.717) is 24.6 Å². The summed E-state index contributed by atoms with van der Waals surface area (Å²) in [6.07, 6.45) is 0.451. The van der Waals surface area contributed by atoms with Crippen molar-refractivity contribution >= 4 is 42.1 Å². The second-order valence-electron chi connectivity index (χ2n) is 9.25. The van der Waals surface area contributed by atoms with Gasteiger partial charge in [-0.1, -0.05) is 27.7 Å². The van der Waals surface area contributed by atoms with Gasteiger partial charge in [0.25, 0.3) is 0 Å². The molecule has 1 rings (SSSR count). The SMILES string of the molecule is CC(C)C[C@H](NC(=O)[C@H]1N(C(=O)[C@@H](NC[C@@H](N)CS)C(C)C)CSC1(C)C)C(N)=O. The predicted octanol–water partition coefficient (Wildman–Crippen LogP) is 0.554. The van der Waals surface area contributed by atoms with Crippen LogP contribution < -0.4 is 22.1 Å². The van der Waals surface area contributed by atoms with Gasteiger partial charge in [-0.3, -0.25) is 14.4 Å². The summed E-state index contributed by atoms with van der Waals surface area (Å²) >= 11 is 5.73. The van der Waals surface area contributed by atoms with E-state index >= 15 is 0 Å². The first-order valence-electron chi connectivity index (χ1n) is 10.5. The molecule has 0 aromatic heterocycles. The van der Waals surface area contributed by atoms with E-state index in [1.54, 1.807) is 16.7 Å². The van der Waals surface area contributed by atoms with Crippen LogP contribution in [-0.2, 0) is 14.4 Å². The largest absolute Gasteiger partial charge is 0.368 e. The standard InChI is InChI=1S/C20H39N5O3S2/c1-11(2)7-14(17(22)26)24-18(27)16-20(5,6)30-10-25(16)19(28)15(12(3)4)23-8-13(21)9-29/h11-16,23,29H,7-10,21H2,1-6H3,(H2,22,26)(H,24,27)/t13-,14+,15+,16-/m1/s1. The molecule has 0 bridgehead atoms. The number of thiol groups is 1. The zero-order chi connectivity index (χ0) is 23.2. The summed E-state index contributed by atoms with van der Waals surface area (Å²) in [7, 11) is 0. The summed E-state index contributed by atoms with van der Waals surface area (Å²) < 4.78 is -0.497. The Morgan fingerprint density at radius 2 is 1.83 bits per heavy atom. The molecule has 0 spiro atoms. The van der Waals surface area contributed by atoms with Crippen LogP contribution in [0.5, 0.6) is 0 Å². The van der Waals surface area contributed by atoms with Gasteiger partial charge in [0, 0.05) is 23.1 Å². The molecular formula is C20H39N5O3S2. The number of hydrogen-bond donors (Lipinski definition) is 5. The van der Waals surface area contributed by atoms with E-state index < -0.39 is 28.8 Å². The van der Waals surface area contributed by atoms with Gasteiger partial charge in [-0.05, 0) is 32.1 Å². The van der Waals surface area contributed by atoms with Crippen molar-refractivity contribution in [2.45, 2.75) is 76.9 Å². The van der Waals surface area contributed by atoms with E-state index in [-0.39, 0.29) is 29.7 Å². The lowest BCUT2D eigenvalue weighted by atomic mass is 9.96. The van der Waals surface area contributed by atoms with E-state index in [1.807, 2.05) is 41.5 Å². The van der Waals surface area contributed by atoms with Crippen molar-refractivity contribution in [2.24, 2.45) is 23.3 Å². The van der Waals surface area contributed by atoms with Gasteiger partial charge in [0.15, 0.2) is 0 Å². The maximum Gasteiger partial charge on any atom is 0.244 e. The molecule has 0 aromatic rings. The third-order valence-electron chi connectivity index (χ3n) is 5.21. The van der Waals surface area contributed by atoms with Gasteiger partial charge in [0.2, 0.25) is 17.7 Å². The number of carbonyl (C=O) groups is 3. The Kier molecular flexibility index (Phi) is 10.5. The number of hydrogen-bond acceptors (Lipinski definition) is 7. The van der Waals surface area contributed by atoms with Gasteiger partial charge < -0.3 is 27.0 Å². The van der Waals surface area contributed by atoms with E-state index in [0.717, 1.165) is 0 Å². The van der Waals surface area contributed by atoms with Crippen LogP contribution in [-0.4, -0.2) is 69.7 Å². The van der Waals surface area contributed by atoms with E-state index in [9.17, 15) is 14.4 Å². The van der Waals surface area contributed by atoms with Crippen LogP contribution in [0, 0.1) is 11.8 Å². The molecule has 0 aromatic carbocycles. The Balaban J connectivity index is 3.05. The second kappa shape index (κ2) is 11.6. The number of primary amides is 1. The molecule has 1 aliphatic heterocycles. The Labute approximate surface area is 190 Å². The molecule has 1 heterocycles. The topological polar surface area (TPSA) is 131 Å². The van der Waals surface area contributed by atoms with E-state index in [1.165, 1.54) is 0 Å². The summed E-state index contributed by atoms with van der Waals surface area (Å²) in [6, 6.07) is -2.10. The monoisotopic (exact) mass is 461 g/mol. The fourth-order valence-corrected chi connectivity index (χ4v) is 4.78. The van der Waals surface area contributed by atoms with Crippen molar-refractivity contribution < 1.29 is 14.4 Å². The number of amides is 3. The van der Waals surface area contributed by atoms with Crippen molar-refractivity contribution in [1.82, 2.24) is 15.5 Å². The minimum absolute atomic E-state index is 0.0151. The average molecular weight is 462 g/mol. The highest BCUT2D eigenvalue weighted by Crippen LogP contribution is 2.40. The van der Waals surface area contributed by atoms with Gasteiger partial charge in [-0.2, -0.15) is 12.6 Å². The molecule has 30 heavy (non-hydrogen) atoms. The first-order chi connectivity index (χ1) is 13.8. The number of thioether (sulfide) groups is 1. The molecule has 6 N–H and O–H groups in total. The van der Waals surface area contributed by atoms with Crippen LogP contribution in [0.15, 0.2) is 0 Å². The molecule has 0 aliphatic carbocycles. The van der Waals surface area contributed by atoms with Crippen LogP contribution >= 0.6 is 24.4 Å². The molecule has 1 aliphatic rings. The third kappa shape index (κ3) is 7.32. The fourth-order valence-electron chi connectivity index (χ4n) is 3.51. The molecule has 0 saturated carbocycles. The number of rotatable bonds is 11. The lowest BCUT2D eigenvalue weighted by Gasteiger charge is -2.34. The molecule has 10 heteroatoms. The fraction of sp³-hybridized carbons (Fsp3) is 0.850. The molecular weight excluding hydrogens is 422 g/mol. The highest BCUT2D eigenvalue weighted by molar-refractivity contribution is 8.00. The highest BCUT2D eigenvalue weighted by Gasteiger charge is 2.49. The Hall–Kier alpha value is -0.970. The van der Waals surface area contributed by atoms with Gasteiger partial charge >= 0.3 is 0 Å². The number of nitrogens with zero attached hydrogens (tertiary/aromatic N) is 1. The lowest BCUT2D eigenvalue weighted by molar-refractivity contribution is -0.142. The first kappa shape index (κ1) is 27.1. The zero-order valence-corrected chi connectivity index (χ0v) is 20.7. The maximum absolute atomic E-state index is 13.4. The normalized spacial score (nSPS) is 21.5. The minimum atomic E-state index is -0.761. The summed E-state index contributed by atoms with van der Waals surface area (Å²) in [4.78, 5) is 40.0. The van der Waals surface area contributed by atoms with Crippen LogP contribution in [0.2, 0.25) is 0 Å². The van der Waals surface area contributed by atoms with Crippen LogP contribution in [0.3, 0.4) is 0 Å². The Morgan fingerprint density at radius 1 is 1.23 bits per heavy atom. The lowest BCUT2D eigenvalue weighted by Crippen LogP contribution is -2.60. The maximum atomic E-state index is 13.4. The molecule has 3 amide bonds. The average Bonchev–Trinajstić information content (AvgIpc) is 2.95. The smallest absolute Gasteiger partial charge is 0.244 e. The summed E-state index contributed by atoms with van der Waals surface area (Å²) in [5, 5.41) is 6.02. The number of carbonyl (C=O) groups excluding carboxylic acids is 3. The highest BCUT2D eigenvalue weighted by atomic mass is 32.2. The van der Waals surface area contributed by atoms with Crippen LogP contribution in [0.4, 0.5) is 0 Å². The number of nitrogens with one attached hydrogen (secondary N) is 2. The van der Waals surface area contributed by atoms with Gasteiger partial charge in [-0.25, -0.2) is 0 Å². The molecule has 4 atom stereocenters. The quantitative estimate of drug-likeness (QED) is 0.286. The molecule has 0 radical (unpaired) electrons. The molecule has 8 nitrogen and oxygen atoms in total. The zero-order valence-electron chi connectivity index (χ0n) is 19.0. The van der Waals surface area contributed by atoms with Crippen molar-refractivity contribution in [3.05, 3.63) is 0 Å².